The first kappa shape index (κ1) is 23.2. The zero-order valence-electron chi connectivity index (χ0n) is 18.4. The minimum Gasteiger partial charge on any atom is -0.478 e. The lowest BCUT2D eigenvalue weighted by Gasteiger charge is -2.26. The molecule has 1 N–H and O–H groups in total. The summed E-state index contributed by atoms with van der Waals surface area (Å²) in [6.07, 6.45) is 0.854. The van der Waals surface area contributed by atoms with Gasteiger partial charge in [-0.05, 0) is 55.3 Å². The summed E-state index contributed by atoms with van der Waals surface area (Å²) in [5.41, 5.74) is 2.16. The van der Waals surface area contributed by atoms with E-state index in [4.69, 9.17) is 14.3 Å². The molecule has 1 fully saturated rings. The number of carboxylic acids is 1. The van der Waals surface area contributed by atoms with Gasteiger partial charge in [0.05, 0.1) is 29.4 Å². The summed E-state index contributed by atoms with van der Waals surface area (Å²) < 4.78 is 36.9. The number of rotatable bonds is 8. The van der Waals surface area contributed by atoms with Crippen LogP contribution in [0.5, 0.6) is 0 Å². The van der Waals surface area contributed by atoms with E-state index in [0.29, 0.717) is 17.0 Å². The maximum Gasteiger partial charge on any atom is 0.335 e. The molecule has 174 valence electrons. The van der Waals surface area contributed by atoms with Gasteiger partial charge in [0.2, 0.25) is 5.89 Å². The standard InChI is InChI=1S/C24H26N2O6S/c1-17-22(25-23(32-17)19-4-6-20(7-5-19)24(27)28)16-33(29,30)21-8-2-18(3-9-21)10-11-26-12-14-31-15-13-26/h2-9H,10-16H2,1H3,(H,27,28). The van der Waals surface area contributed by atoms with Crippen LogP contribution in [0.4, 0.5) is 0 Å². The predicted octanol–water partition coefficient (Wildman–Crippen LogP) is 3.20. The monoisotopic (exact) mass is 470 g/mol. The second-order valence-electron chi connectivity index (χ2n) is 8.01. The van der Waals surface area contributed by atoms with Gasteiger partial charge in [0, 0.05) is 25.2 Å². The highest BCUT2D eigenvalue weighted by Crippen LogP contribution is 2.25. The van der Waals surface area contributed by atoms with Crippen LogP contribution in [0.25, 0.3) is 11.5 Å². The molecule has 1 aliphatic heterocycles. The topological polar surface area (TPSA) is 110 Å². The Morgan fingerprint density at radius 1 is 1.06 bits per heavy atom. The first-order valence-electron chi connectivity index (χ1n) is 10.7. The number of nitrogens with zero attached hydrogens (tertiary/aromatic N) is 2. The predicted molar refractivity (Wildman–Crippen MR) is 122 cm³/mol. The first-order valence-corrected chi connectivity index (χ1v) is 12.4. The van der Waals surface area contributed by atoms with E-state index in [0.717, 1.165) is 44.8 Å². The minimum absolute atomic E-state index is 0.151. The Balaban J connectivity index is 1.43. The van der Waals surface area contributed by atoms with Crippen LogP contribution in [0, 0.1) is 6.92 Å². The van der Waals surface area contributed by atoms with E-state index in [1.54, 1.807) is 31.2 Å². The fourth-order valence-corrected chi connectivity index (χ4v) is 5.02. The fraction of sp³-hybridized carbons (Fsp3) is 0.333. The third kappa shape index (κ3) is 5.68. The second kappa shape index (κ2) is 9.86. The van der Waals surface area contributed by atoms with E-state index in [1.807, 2.05) is 12.1 Å². The summed E-state index contributed by atoms with van der Waals surface area (Å²) in [6.45, 7) is 5.96. The van der Waals surface area contributed by atoms with Gasteiger partial charge < -0.3 is 14.3 Å². The number of ether oxygens (including phenoxy) is 1. The summed E-state index contributed by atoms with van der Waals surface area (Å²) in [5.74, 6) is -0.627. The van der Waals surface area contributed by atoms with Gasteiger partial charge in [0.15, 0.2) is 9.84 Å². The van der Waals surface area contributed by atoms with Crippen molar-refractivity contribution >= 4 is 15.8 Å². The third-order valence-electron chi connectivity index (χ3n) is 5.70. The molecule has 2 heterocycles. The highest BCUT2D eigenvalue weighted by Gasteiger charge is 2.21. The Kier molecular flexibility index (Phi) is 6.92. The molecule has 0 unspecified atom stereocenters. The van der Waals surface area contributed by atoms with Crippen molar-refractivity contribution in [3.63, 3.8) is 0 Å². The Morgan fingerprint density at radius 2 is 1.73 bits per heavy atom. The summed E-state index contributed by atoms with van der Waals surface area (Å²) >= 11 is 0. The number of aryl methyl sites for hydroxylation is 1. The van der Waals surface area contributed by atoms with E-state index < -0.39 is 15.8 Å². The van der Waals surface area contributed by atoms with Gasteiger partial charge in [0.1, 0.15) is 11.5 Å². The third-order valence-corrected chi connectivity index (χ3v) is 7.34. The minimum atomic E-state index is -3.60. The van der Waals surface area contributed by atoms with E-state index >= 15 is 0 Å². The smallest absolute Gasteiger partial charge is 0.335 e. The molecule has 1 saturated heterocycles. The molecule has 0 bridgehead atoms. The molecule has 33 heavy (non-hydrogen) atoms. The SMILES string of the molecule is Cc1oc(-c2ccc(C(=O)O)cc2)nc1CS(=O)(=O)c1ccc(CCN2CCOCC2)cc1. The molecule has 8 nitrogen and oxygen atoms in total. The molecular weight excluding hydrogens is 444 g/mol. The maximum absolute atomic E-state index is 13.0. The normalized spacial score (nSPS) is 14.9. The van der Waals surface area contributed by atoms with E-state index in [-0.39, 0.29) is 22.1 Å². The number of carboxylic acid groups (broad SMARTS) is 1. The van der Waals surface area contributed by atoms with Crippen LogP contribution in [0.1, 0.15) is 27.4 Å². The van der Waals surface area contributed by atoms with Crippen molar-refractivity contribution in [1.82, 2.24) is 9.88 Å². The number of hydrogen-bond acceptors (Lipinski definition) is 7. The number of sulfone groups is 1. The Hall–Kier alpha value is -3.01. The zero-order chi connectivity index (χ0) is 23.4. The molecule has 0 spiro atoms. The van der Waals surface area contributed by atoms with Crippen molar-refractivity contribution in [2.75, 3.05) is 32.8 Å². The number of aromatic carboxylic acids is 1. The summed E-state index contributed by atoms with van der Waals surface area (Å²) in [5, 5.41) is 9.02. The lowest BCUT2D eigenvalue weighted by atomic mass is 10.1. The molecule has 0 aliphatic carbocycles. The van der Waals surface area contributed by atoms with Crippen molar-refractivity contribution in [1.29, 1.82) is 0 Å². The molecule has 0 atom stereocenters. The number of morpholine rings is 1. The van der Waals surface area contributed by atoms with Crippen molar-refractivity contribution in [3.05, 3.63) is 71.1 Å². The van der Waals surface area contributed by atoms with Crippen molar-refractivity contribution in [2.45, 2.75) is 24.0 Å². The number of hydrogen-bond donors (Lipinski definition) is 1. The Morgan fingerprint density at radius 3 is 2.36 bits per heavy atom. The number of aromatic nitrogens is 1. The molecule has 1 aliphatic rings. The van der Waals surface area contributed by atoms with Gasteiger partial charge in [-0.3, -0.25) is 4.90 Å². The van der Waals surface area contributed by atoms with Gasteiger partial charge in [-0.25, -0.2) is 18.2 Å². The lowest BCUT2D eigenvalue weighted by Crippen LogP contribution is -2.37. The maximum atomic E-state index is 13.0. The van der Waals surface area contributed by atoms with Gasteiger partial charge in [-0.2, -0.15) is 0 Å². The van der Waals surface area contributed by atoms with E-state index in [1.165, 1.54) is 12.1 Å². The molecule has 0 radical (unpaired) electrons. The summed E-state index contributed by atoms with van der Waals surface area (Å²) in [7, 11) is -3.60. The number of benzene rings is 2. The quantitative estimate of drug-likeness (QED) is 0.535. The zero-order valence-corrected chi connectivity index (χ0v) is 19.2. The molecule has 0 amide bonds. The largest absolute Gasteiger partial charge is 0.478 e. The lowest BCUT2D eigenvalue weighted by molar-refractivity contribution is 0.0384. The molecule has 4 rings (SSSR count). The fourth-order valence-electron chi connectivity index (χ4n) is 3.68. The van der Waals surface area contributed by atoms with Crippen LogP contribution in [0.3, 0.4) is 0 Å². The van der Waals surface area contributed by atoms with Crippen LogP contribution in [-0.2, 0) is 26.7 Å². The van der Waals surface area contributed by atoms with E-state index in [2.05, 4.69) is 9.88 Å². The molecule has 0 saturated carbocycles. The van der Waals surface area contributed by atoms with Crippen LogP contribution < -0.4 is 0 Å². The van der Waals surface area contributed by atoms with Crippen molar-refractivity contribution in [3.8, 4) is 11.5 Å². The van der Waals surface area contributed by atoms with Crippen LogP contribution in [0.15, 0.2) is 57.8 Å². The average Bonchev–Trinajstić information content (AvgIpc) is 3.18. The van der Waals surface area contributed by atoms with Crippen LogP contribution >= 0.6 is 0 Å². The van der Waals surface area contributed by atoms with Crippen molar-refractivity contribution < 1.29 is 27.5 Å². The van der Waals surface area contributed by atoms with Crippen molar-refractivity contribution in [2.24, 2.45) is 0 Å². The molecular formula is C24H26N2O6S. The number of carbonyl (C=O) groups is 1. The summed E-state index contributed by atoms with van der Waals surface area (Å²) in [6, 6.07) is 13.1. The average molecular weight is 471 g/mol. The Bertz CT molecular complexity index is 1210. The van der Waals surface area contributed by atoms with Gasteiger partial charge in [-0.1, -0.05) is 12.1 Å². The first-order chi connectivity index (χ1) is 15.8. The molecule has 2 aromatic carbocycles. The Labute approximate surface area is 192 Å². The van der Waals surface area contributed by atoms with Crippen LogP contribution in [0.2, 0.25) is 0 Å². The molecule has 1 aromatic heterocycles. The molecule has 3 aromatic rings. The highest BCUT2D eigenvalue weighted by molar-refractivity contribution is 7.90. The molecule has 9 heteroatoms. The van der Waals surface area contributed by atoms with Gasteiger partial charge in [-0.15, -0.1) is 0 Å². The van der Waals surface area contributed by atoms with Gasteiger partial charge >= 0.3 is 5.97 Å². The number of oxazole rings is 1. The summed E-state index contributed by atoms with van der Waals surface area (Å²) in [4.78, 5) is 18.0. The second-order valence-corrected chi connectivity index (χ2v) is 10.0. The van der Waals surface area contributed by atoms with E-state index in [9.17, 15) is 13.2 Å². The highest BCUT2D eigenvalue weighted by atomic mass is 32.2. The van der Waals surface area contributed by atoms with Gasteiger partial charge in [0.25, 0.3) is 0 Å². The van der Waals surface area contributed by atoms with Crippen LogP contribution in [-0.4, -0.2) is 62.2 Å².